The summed E-state index contributed by atoms with van der Waals surface area (Å²) < 4.78 is 6.40. The van der Waals surface area contributed by atoms with E-state index in [0.717, 1.165) is 17.8 Å². The van der Waals surface area contributed by atoms with Gasteiger partial charge >= 0.3 is 6.03 Å². The molecule has 3 aromatic rings. The normalized spacial score (nSPS) is 12.5. The third-order valence-corrected chi connectivity index (χ3v) is 4.15. The van der Waals surface area contributed by atoms with Gasteiger partial charge in [-0.2, -0.15) is 5.10 Å². The van der Waals surface area contributed by atoms with Crippen molar-refractivity contribution in [2.75, 3.05) is 7.05 Å². The third-order valence-electron chi connectivity index (χ3n) is 4.15. The molecule has 0 unspecified atom stereocenters. The van der Waals surface area contributed by atoms with Crippen LogP contribution in [0.4, 0.5) is 4.79 Å². The quantitative estimate of drug-likeness (QED) is 0.726. The first kappa shape index (κ1) is 17.8. The number of urea groups is 1. The summed E-state index contributed by atoms with van der Waals surface area (Å²) in [6.07, 6.45) is 2.28. The van der Waals surface area contributed by atoms with Crippen LogP contribution in [0.5, 0.6) is 0 Å². The summed E-state index contributed by atoms with van der Waals surface area (Å²) in [5, 5.41) is 14.8. The van der Waals surface area contributed by atoms with Gasteiger partial charge in [0.15, 0.2) is 0 Å². The molecule has 0 aliphatic heterocycles. The van der Waals surface area contributed by atoms with Gasteiger partial charge in [0.2, 0.25) is 0 Å². The maximum atomic E-state index is 12.7. The zero-order chi connectivity index (χ0) is 18.7. The molecule has 9 nitrogen and oxygen atoms in total. The number of aryl methyl sites for hydroxylation is 1. The second-order valence-electron chi connectivity index (χ2n) is 6.82. The number of aromatic nitrogens is 5. The van der Waals surface area contributed by atoms with Crippen molar-refractivity contribution in [3.8, 4) is 0 Å². The Balaban J connectivity index is 1.68. The van der Waals surface area contributed by atoms with Gasteiger partial charge in [-0.25, -0.2) is 14.4 Å². The molecule has 0 aliphatic carbocycles. The molecule has 26 heavy (non-hydrogen) atoms. The van der Waals surface area contributed by atoms with E-state index in [2.05, 4.69) is 39.6 Å². The van der Waals surface area contributed by atoms with E-state index in [0.29, 0.717) is 23.5 Å². The van der Waals surface area contributed by atoms with Crippen LogP contribution in [-0.4, -0.2) is 43.1 Å². The van der Waals surface area contributed by atoms with Gasteiger partial charge in [-0.3, -0.25) is 4.68 Å². The molecule has 138 valence electrons. The minimum Gasteiger partial charge on any atom is -0.328 e. The number of hydrogen-bond donors (Lipinski definition) is 1. The zero-order valence-electron chi connectivity index (χ0n) is 15.4. The number of hydrogen-bond acceptors (Lipinski definition) is 6. The van der Waals surface area contributed by atoms with Gasteiger partial charge in [-0.1, -0.05) is 19.9 Å². The monoisotopic (exact) mass is 357 g/mol. The molecule has 0 saturated heterocycles. The Morgan fingerprint density at radius 3 is 2.77 bits per heavy atom. The van der Waals surface area contributed by atoms with Crippen molar-refractivity contribution < 1.29 is 9.42 Å². The van der Waals surface area contributed by atoms with Crippen LogP contribution in [0.15, 0.2) is 29.2 Å². The smallest absolute Gasteiger partial charge is 0.318 e. The lowest BCUT2D eigenvalue weighted by molar-refractivity contribution is 0.199. The number of nitrogens with zero attached hydrogens (tertiary/aromatic N) is 6. The number of rotatable bonds is 6. The highest BCUT2D eigenvalue weighted by atomic mass is 16.6. The molecule has 1 N–H and O–H groups in total. The molecular formula is C17H23N7O2. The summed E-state index contributed by atoms with van der Waals surface area (Å²) in [4.78, 5) is 18.6. The fourth-order valence-electron chi connectivity index (χ4n) is 2.85. The van der Waals surface area contributed by atoms with Crippen molar-refractivity contribution in [1.29, 1.82) is 0 Å². The SMILES string of the molecule is CC(C)C[C@@H](NC(=O)N(C)Cc1ccc2nonc2c1)c1ncnn1C. The van der Waals surface area contributed by atoms with Crippen molar-refractivity contribution in [3.63, 3.8) is 0 Å². The number of carbonyl (C=O) groups is 1. The van der Waals surface area contributed by atoms with E-state index in [1.807, 2.05) is 25.2 Å². The molecule has 1 atom stereocenters. The molecule has 2 aromatic heterocycles. The summed E-state index contributed by atoms with van der Waals surface area (Å²) in [5.41, 5.74) is 2.32. The van der Waals surface area contributed by atoms with E-state index in [4.69, 9.17) is 4.63 Å². The van der Waals surface area contributed by atoms with Crippen molar-refractivity contribution in [3.05, 3.63) is 35.9 Å². The number of fused-ring (bicyclic) bond motifs is 1. The fraction of sp³-hybridized carbons (Fsp3) is 0.471. The predicted octanol–water partition coefficient (Wildman–Crippen LogP) is 2.28. The topological polar surface area (TPSA) is 102 Å². The van der Waals surface area contributed by atoms with Gasteiger partial charge in [0, 0.05) is 20.6 Å². The molecule has 0 fully saturated rings. The first-order valence-electron chi connectivity index (χ1n) is 8.50. The highest BCUT2D eigenvalue weighted by molar-refractivity contribution is 5.75. The first-order chi connectivity index (χ1) is 12.4. The van der Waals surface area contributed by atoms with Crippen LogP contribution in [0.2, 0.25) is 0 Å². The first-order valence-corrected chi connectivity index (χ1v) is 8.50. The van der Waals surface area contributed by atoms with Gasteiger partial charge in [0.1, 0.15) is 23.2 Å². The third kappa shape index (κ3) is 3.98. The van der Waals surface area contributed by atoms with Crippen LogP contribution in [-0.2, 0) is 13.6 Å². The molecule has 0 spiro atoms. The van der Waals surface area contributed by atoms with Gasteiger partial charge in [0.05, 0.1) is 6.04 Å². The molecule has 0 aliphatic rings. The molecule has 0 bridgehead atoms. The molecule has 3 rings (SSSR count). The second kappa shape index (κ2) is 7.51. The van der Waals surface area contributed by atoms with Gasteiger partial charge in [-0.05, 0) is 40.3 Å². The van der Waals surface area contributed by atoms with Crippen LogP contribution in [0.3, 0.4) is 0 Å². The average Bonchev–Trinajstić information content (AvgIpc) is 3.21. The van der Waals surface area contributed by atoms with Crippen molar-refractivity contribution in [1.82, 2.24) is 35.3 Å². The molecule has 2 heterocycles. The summed E-state index contributed by atoms with van der Waals surface area (Å²) in [7, 11) is 3.58. The van der Waals surface area contributed by atoms with E-state index in [-0.39, 0.29) is 12.1 Å². The molecule has 0 radical (unpaired) electrons. The maximum absolute atomic E-state index is 12.7. The highest BCUT2D eigenvalue weighted by Gasteiger charge is 2.22. The second-order valence-corrected chi connectivity index (χ2v) is 6.82. The van der Waals surface area contributed by atoms with E-state index >= 15 is 0 Å². The zero-order valence-corrected chi connectivity index (χ0v) is 15.4. The summed E-state index contributed by atoms with van der Waals surface area (Å²) in [6, 6.07) is 5.24. The Morgan fingerprint density at radius 1 is 1.31 bits per heavy atom. The summed E-state index contributed by atoms with van der Waals surface area (Å²) >= 11 is 0. The highest BCUT2D eigenvalue weighted by Crippen LogP contribution is 2.19. The Hall–Kier alpha value is -2.97. The summed E-state index contributed by atoms with van der Waals surface area (Å²) in [5.74, 6) is 1.15. The number of nitrogens with one attached hydrogen (secondary N) is 1. The lowest BCUT2D eigenvalue weighted by Crippen LogP contribution is -2.40. The van der Waals surface area contributed by atoms with E-state index in [9.17, 15) is 4.79 Å². The predicted molar refractivity (Wildman–Crippen MR) is 95.0 cm³/mol. The van der Waals surface area contributed by atoms with Gasteiger partial charge in [-0.15, -0.1) is 0 Å². The minimum absolute atomic E-state index is 0.169. The number of carbonyl (C=O) groups excluding carboxylic acids is 1. The molecule has 1 aromatic carbocycles. The Morgan fingerprint density at radius 2 is 2.08 bits per heavy atom. The maximum Gasteiger partial charge on any atom is 0.318 e. The fourth-order valence-corrected chi connectivity index (χ4v) is 2.85. The van der Waals surface area contributed by atoms with Crippen LogP contribution >= 0.6 is 0 Å². The van der Waals surface area contributed by atoms with Crippen molar-refractivity contribution in [2.24, 2.45) is 13.0 Å². The number of amides is 2. The average molecular weight is 357 g/mol. The minimum atomic E-state index is -0.195. The lowest BCUT2D eigenvalue weighted by atomic mass is 10.0. The Kier molecular flexibility index (Phi) is 5.15. The lowest BCUT2D eigenvalue weighted by Gasteiger charge is -2.24. The van der Waals surface area contributed by atoms with Gasteiger partial charge in [0.25, 0.3) is 0 Å². The molecule has 2 amide bonds. The van der Waals surface area contributed by atoms with Gasteiger partial charge < -0.3 is 10.2 Å². The van der Waals surface area contributed by atoms with Crippen molar-refractivity contribution in [2.45, 2.75) is 32.9 Å². The van der Waals surface area contributed by atoms with E-state index < -0.39 is 0 Å². The van der Waals surface area contributed by atoms with Crippen LogP contribution in [0, 0.1) is 5.92 Å². The van der Waals surface area contributed by atoms with Crippen LogP contribution in [0.1, 0.15) is 37.7 Å². The van der Waals surface area contributed by atoms with Crippen molar-refractivity contribution >= 4 is 17.1 Å². The largest absolute Gasteiger partial charge is 0.328 e. The Labute approximate surface area is 151 Å². The van der Waals surface area contributed by atoms with E-state index in [1.54, 1.807) is 16.6 Å². The Bertz CT molecular complexity index is 886. The van der Waals surface area contributed by atoms with Crippen LogP contribution in [0.25, 0.3) is 11.0 Å². The number of benzene rings is 1. The molecular weight excluding hydrogens is 334 g/mol. The summed E-state index contributed by atoms with van der Waals surface area (Å²) in [6.45, 7) is 4.67. The molecule has 0 saturated carbocycles. The standard InChI is InChI=1S/C17H23N7O2/c1-11(2)7-15(16-18-10-19-24(16)4)20-17(25)23(3)9-12-5-6-13-14(8-12)22-26-21-13/h5-6,8,10-11,15H,7,9H2,1-4H3,(H,20,25)/t15-/m1/s1. The van der Waals surface area contributed by atoms with Crippen LogP contribution < -0.4 is 5.32 Å². The van der Waals surface area contributed by atoms with E-state index in [1.165, 1.54) is 6.33 Å². The molecule has 9 heteroatoms.